The van der Waals surface area contributed by atoms with Gasteiger partial charge in [-0.2, -0.15) is 0 Å². The summed E-state index contributed by atoms with van der Waals surface area (Å²) in [5.41, 5.74) is 3.16. The Morgan fingerprint density at radius 1 is 0.943 bits per heavy atom. The van der Waals surface area contributed by atoms with Crippen LogP contribution < -0.4 is 14.8 Å². The molecule has 2 rings (SSSR count). The number of amides is 2. The fourth-order valence-electron chi connectivity index (χ4n) is 4.08. The summed E-state index contributed by atoms with van der Waals surface area (Å²) in [6.45, 7) is 12.1. The monoisotopic (exact) mass is 482 g/mol. The number of nitrogens with one attached hydrogen (secondary N) is 1. The maximum Gasteiger partial charge on any atom is 0.242 e. The molecule has 2 aromatic rings. The number of carbonyl (C=O) groups is 2. The first-order chi connectivity index (χ1) is 16.9. The SMILES string of the molecule is CCCCNC(=O)[C@H](CC)N(Cc1cccc(C)c1)C(=O)CCc1ccc(OCC)c(OCC)c1. The third-order valence-corrected chi connectivity index (χ3v) is 5.89. The first-order valence-corrected chi connectivity index (χ1v) is 12.9. The minimum absolute atomic E-state index is 0.0316. The Hall–Kier alpha value is -3.02. The van der Waals surface area contributed by atoms with Crippen LogP contribution in [0.15, 0.2) is 42.5 Å². The van der Waals surface area contributed by atoms with E-state index < -0.39 is 6.04 Å². The molecule has 6 heteroatoms. The molecule has 0 heterocycles. The molecule has 35 heavy (non-hydrogen) atoms. The van der Waals surface area contributed by atoms with E-state index in [4.69, 9.17) is 9.47 Å². The van der Waals surface area contributed by atoms with Gasteiger partial charge < -0.3 is 19.7 Å². The van der Waals surface area contributed by atoms with Crippen molar-refractivity contribution in [2.24, 2.45) is 0 Å². The van der Waals surface area contributed by atoms with Gasteiger partial charge in [0.1, 0.15) is 6.04 Å². The zero-order chi connectivity index (χ0) is 25.6. The average molecular weight is 483 g/mol. The lowest BCUT2D eigenvalue weighted by Crippen LogP contribution is -2.49. The van der Waals surface area contributed by atoms with Gasteiger partial charge in [0.2, 0.25) is 11.8 Å². The van der Waals surface area contributed by atoms with Crippen LogP contribution in [0.25, 0.3) is 0 Å². The van der Waals surface area contributed by atoms with Crippen molar-refractivity contribution >= 4 is 11.8 Å². The van der Waals surface area contributed by atoms with Gasteiger partial charge in [-0.15, -0.1) is 0 Å². The van der Waals surface area contributed by atoms with Crippen LogP contribution in [0.2, 0.25) is 0 Å². The Labute approximate surface area is 211 Å². The topological polar surface area (TPSA) is 67.9 Å². The van der Waals surface area contributed by atoms with Gasteiger partial charge in [-0.1, -0.05) is 56.2 Å². The number of hydrogen-bond donors (Lipinski definition) is 1. The number of unbranched alkanes of at least 4 members (excludes halogenated alkanes) is 1. The Kier molecular flexibility index (Phi) is 12.2. The summed E-state index contributed by atoms with van der Waals surface area (Å²) in [6, 6.07) is 13.4. The quantitative estimate of drug-likeness (QED) is 0.343. The predicted molar refractivity (Wildman–Crippen MR) is 141 cm³/mol. The van der Waals surface area contributed by atoms with Crippen molar-refractivity contribution in [1.82, 2.24) is 10.2 Å². The van der Waals surface area contributed by atoms with Crippen LogP contribution in [0.4, 0.5) is 0 Å². The van der Waals surface area contributed by atoms with Crippen LogP contribution in [0.1, 0.15) is 70.1 Å². The molecule has 0 aliphatic heterocycles. The van der Waals surface area contributed by atoms with Gasteiger partial charge in [0.15, 0.2) is 11.5 Å². The number of carbonyl (C=O) groups excluding carboxylic acids is 2. The first kappa shape index (κ1) is 28.2. The Morgan fingerprint density at radius 2 is 1.69 bits per heavy atom. The Bertz CT molecular complexity index is 944. The van der Waals surface area contributed by atoms with Gasteiger partial charge in [-0.05, 0) is 63.3 Å². The predicted octanol–water partition coefficient (Wildman–Crippen LogP) is 5.45. The molecular formula is C29H42N2O4. The Morgan fingerprint density at radius 3 is 2.34 bits per heavy atom. The van der Waals surface area contributed by atoms with E-state index in [0.29, 0.717) is 57.1 Å². The lowest BCUT2D eigenvalue weighted by Gasteiger charge is -2.31. The molecule has 0 spiro atoms. The van der Waals surface area contributed by atoms with Crippen LogP contribution in [0.3, 0.4) is 0 Å². The molecule has 0 aromatic heterocycles. The summed E-state index contributed by atoms with van der Waals surface area (Å²) in [6.07, 6.45) is 3.36. The molecule has 0 unspecified atom stereocenters. The number of ether oxygens (including phenoxy) is 2. The molecule has 2 aromatic carbocycles. The minimum Gasteiger partial charge on any atom is -0.490 e. The van der Waals surface area contributed by atoms with Crippen molar-refractivity contribution in [2.45, 2.75) is 79.3 Å². The molecular weight excluding hydrogens is 440 g/mol. The average Bonchev–Trinajstić information content (AvgIpc) is 2.84. The zero-order valence-electron chi connectivity index (χ0n) is 22.1. The Balaban J connectivity index is 2.20. The number of benzene rings is 2. The highest BCUT2D eigenvalue weighted by atomic mass is 16.5. The van der Waals surface area contributed by atoms with E-state index in [1.165, 1.54) is 0 Å². The van der Waals surface area contributed by atoms with Crippen LogP contribution in [-0.2, 0) is 22.6 Å². The van der Waals surface area contributed by atoms with Gasteiger partial charge in [-0.3, -0.25) is 9.59 Å². The standard InChI is InChI=1S/C29H42N2O4/c1-6-10-18-30-29(33)25(7-2)31(21-24-13-11-12-22(5)19-24)28(32)17-15-23-14-16-26(34-8-3)27(20-23)35-9-4/h11-14,16,19-20,25H,6-10,15,17-18,21H2,1-5H3,(H,30,33)/t25-/m0/s1. The lowest BCUT2D eigenvalue weighted by atomic mass is 10.0. The molecule has 1 N–H and O–H groups in total. The van der Waals surface area contributed by atoms with Gasteiger partial charge >= 0.3 is 0 Å². The minimum atomic E-state index is -0.501. The lowest BCUT2D eigenvalue weighted by molar-refractivity contribution is -0.141. The number of hydrogen-bond acceptors (Lipinski definition) is 4. The van der Waals surface area contributed by atoms with Gasteiger partial charge in [-0.25, -0.2) is 0 Å². The van der Waals surface area contributed by atoms with Crippen LogP contribution >= 0.6 is 0 Å². The maximum atomic E-state index is 13.5. The van der Waals surface area contributed by atoms with Crippen molar-refractivity contribution in [3.8, 4) is 11.5 Å². The van der Waals surface area contributed by atoms with Crippen LogP contribution in [0, 0.1) is 6.92 Å². The molecule has 0 radical (unpaired) electrons. The highest BCUT2D eigenvalue weighted by Gasteiger charge is 2.28. The van der Waals surface area contributed by atoms with Crippen LogP contribution in [-0.4, -0.2) is 42.5 Å². The second kappa shape index (κ2) is 15.1. The second-order valence-electron chi connectivity index (χ2n) is 8.73. The van der Waals surface area contributed by atoms with E-state index in [1.54, 1.807) is 4.90 Å². The van der Waals surface area contributed by atoms with E-state index in [2.05, 4.69) is 18.3 Å². The van der Waals surface area contributed by atoms with Crippen molar-refractivity contribution < 1.29 is 19.1 Å². The summed E-state index contributed by atoms with van der Waals surface area (Å²) >= 11 is 0. The summed E-state index contributed by atoms with van der Waals surface area (Å²) in [4.78, 5) is 28.3. The molecule has 6 nitrogen and oxygen atoms in total. The normalized spacial score (nSPS) is 11.6. The highest BCUT2D eigenvalue weighted by Crippen LogP contribution is 2.29. The van der Waals surface area contributed by atoms with E-state index in [0.717, 1.165) is 29.5 Å². The smallest absolute Gasteiger partial charge is 0.242 e. The van der Waals surface area contributed by atoms with Crippen molar-refractivity contribution in [3.05, 3.63) is 59.2 Å². The summed E-state index contributed by atoms with van der Waals surface area (Å²) < 4.78 is 11.4. The van der Waals surface area contributed by atoms with Gasteiger partial charge in [0.25, 0.3) is 0 Å². The fraction of sp³-hybridized carbons (Fsp3) is 0.517. The van der Waals surface area contributed by atoms with Crippen molar-refractivity contribution in [1.29, 1.82) is 0 Å². The molecule has 1 atom stereocenters. The third kappa shape index (κ3) is 8.93. The molecule has 0 aliphatic rings. The molecule has 0 aliphatic carbocycles. The molecule has 0 fully saturated rings. The number of rotatable bonds is 15. The van der Waals surface area contributed by atoms with E-state index in [9.17, 15) is 9.59 Å². The first-order valence-electron chi connectivity index (χ1n) is 12.9. The molecule has 2 amide bonds. The summed E-state index contributed by atoms with van der Waals surface area (Å²) in [7, 11) is 0. The molecule has 0 saturated heterocycles. The third-order valence-electron chi connectivity index (χ3n) is 5.89. The van der Waals surface area contributed by atoms with Crippen LogP contribution in [0.5, 0.6) is 11.5 Å². The van der Waals surface area contributed by atoms with E-state index in [-0.39, 0.29) is 11.8 Å². The fourth-order valence-corrected chi connectivity index (χ4v) is 4.08. The second-order valence-corrected chi connectivity index (χ2v) is 8.73. The number of aryl methyl sites for hydroxylation is 2. The van der Waals surface area contributed by atoms with E-state index >= 15 is 0 Å². The molecule has 0 bridgehead atoms. The molecule has 192 valence electrons. The van der Waals surface area contributed by atoms with E-state index in [1.807, 2.05) is 64.1 Å². The largest absolute Gasteiger partial charge is 0.490 e. The molecule has 0 saturated carbocycles. The highest BCUT2D eigenvalue weighted by molar-refractivity contribution is 5.87. The van der Waals surface area contributed by atoms with Crippen molar-refractivity contribution in [2.75, 3.05) is 19.8 Å². The number of nitrogens with zero attached hydrogens (tertiary/aromatic N) is 1. The summed E-state index contributed by atoms with van der Waals surface area (Å²) in [5.74, 6) is 1.29. The maximum absolute atomic E-state index is 13.5. The summed E-state index contributed by atoms with van der Waals surface area (Å²) in [5, 5.41) is 3.02. The van der Waals surface area contributed by atoms with Gasteiger partial charge in [0, 0.05) is 19.5 Å². The van der Waals surface area contributed by atoms with Crippen molar-refractivity contribution in [3.63, 3.8) is 0 Å². The zero-order valence-corrected chi connectivity index (χ0v) is 22.1. The van der Waals surface area contributed by atoms with Gasteiger partial charge in [0.05, 0.1) is 13.2 Å².